The molecular formula is C21H25N3O2S. The largest absolute Gasteiger partial charge is 0.490 e. The van der Waals surface area contributed by atoms with Crippen LogP contribution in [0.1, 0.15) is 23.6 Å². The molecule has 0 saturated heterocycles. The van der Waals surface area contributed by atoms with Gasteiger partial charge < -0.3 is 14.8 Å². The summed E-state index contributed by atoms with van der Waals surface area (Å²) >= 11 is 5.09. The van der Waals surface area contributed by atoms with E-state index in [9.17, 15) is 0 Å². The molecule has 2 rings (SSSR count). The number of benzene rings is 2. The molecular weight excluding hydrogens is 358 g/mol. The SMILES string of the molecule is C=CCNC(=S)N/N=C\c1ccc(OCc2ccccc2C)c(OCC)c1. The quantitative estimate of drug-likeness (QED) is 0.297. The number of ether oxygens (including phenoxy) is 2. The van der Waals surface area contributed by atoms with Gasteiger partial charge in [0.2, 0.25) is 0 Å². The van der Waals surface area contributed by atoms with Gasteiger partial charge in [0.05, 0.1) is 12.8 Å². The maximum Gasteiger partial charge on any atom is 0.187 e. The molecule has 2 aromatic carbocycles. The lowest BCUT2D eigenvalue weighted by Crippen LogP contribution is -2.31. The van der Waals surface area contributed by atoms with Gasteiger partial charge >= 0.3 is 0 Å². The molecule has 27 heavy (non-hydrogen) atoms. The summed E-state index contributed by atoms with van der Waals surface area (Å²) < 4.78 is 11.7. The number of nitrogens with zero attached hydrogens (tertiary/aromatic N) is 1. The van der Waals surface area contributed by atoms with Crippen molar-refractivity contribution in [3.63, 3.8) is 0 Å². The maximum absolute atomic E-state index is 5.97. The Labute approximate surface area is 166 Å². The molecule has 0 aliphatic heterocycles. The van der Waals surface area contributed by atoms with Gasteiger partial charge in [0.1, 0.15) is 6.61 Å². The zero-order valence-corrected chi connectivity index (χ0v) is 16.5. The molecule has 6 heteroatoms. The second kappa shape index (κ2) is 11.0. The second-order valence-corrected chi connectivity index (χ2v) is 6.13. The molecule has 0 aliphatic rings. The number of thiocarbonyl (C=S) groups is 1. The third-order valence-electron chi connectivity index (χ3n) is 3.70. The lowest BCUT2D eigenvalue weighted by Gasteiger charge is -2.13. The van der Waals surface area contributed by atoms with Crippen molar-refractivity contribution in [2.24, 2.45) is 5.10 Å². The molecule has 0 atom stereocenters. The lowest BCUT2D eigenvalue weighted by atomic mass is 10.1. The summed E-state index contributed by atoms with van der Waals surface area (Å²) in [5.41, 5.74) is 5.98. The van der Waals surface area contributed by atoms with Crippen molar-refractivity contribution in [2.75, 3.05) is 13.2 Å². The number of rotatable bonds is 9. The Bertz CT molecular complexity index is 806. The van der Waals surface area contributed by atoms with Crippen molar-refractivity contribution >= 4 is 23.5 Å². The maximum atomic E-state index is 5.97. The standard InChI is InChI=1S/C21H25N3O2S/c1-4-12-22-21(27)24-23-14-17-10-11-19(20(13-17)25-5-2)26-15-18-9-7-6-8-16(18)3/h4,6-11,13-14H,1,5,12,15H2,2-3H3,(H2,22,24,27)/b23-14-. The molecule has 0 bridgehead atoms. The molecule has 0 radical (unpaired) electrons. The topological polar surface area (TPSA) is 54.9 Å². The van der Waals surface area contributed by atoms with Crippen LogP contribution in [0.4, 0.5) is 0 Å². The molecule has 0 fully saturated rings. The molecule has 0 unspecified atom stereocenters. The molecule has 0 aliphatic carbocycles. The first-order valence-electron chi connectivity index (χ1n) is 8.76. The highest BCUT2D eigenvalue weighted by atomic mass is 32.1. The molecule has 0 aromatic heterocycles. The van der Waals surface area contributed by atoms with E-state index in [2.05, 4.69) is 41.5 Å². The van der Waals surface area contributed by atoms with Gasteiger partial charge in [-0.25, -0.2) is 0 Å². The summed E-state index contributed by atoms with van der Waals surface area (Å²) in [5.74, 6) is 1.38. The smallest absolute Gasteiger partial charge is 0.187 e. The normalized spacial score (nSPS) is 10.4. The number of hydrogen-bond donors (Lipinski definition) is 2. The summed E-state index contributed by atoms with van der Waals surface area (Å²) in [6.07, 6.45) is 3.40. The molecule has 0 spiro atoms. The van der Waals surface area contributed by atoms with E-state index in [0.29, 0.717) is 36.4 Å². The van der Waals surface area contributed by atoms with Gasteiger partial charge in [0, 0.05) is 6.54 Å². The van der Waals surface area contributed by atoms with Gasteiger partial charge in [-0.1, -0.05) is 30.3 Å². The Morgan fingerprint density at radius 2 is 2.00 bits per heavy atom. The van der Waals surface area contributed by atoms with Gasteiger partial charge in [0.15, 0.2) is 16.6 Å². The fraction of sp³-hybridized carbons (Fsp3) is 0.238. The van der Waals surface area contributed by atoms with Crippen LogP contribution < -0.4 is 20.2 Å². The minimum absolute atomic E-state index is 0.439. The predicted octanol–water partition coefficient (Wildman–Crippen LogP) is 3.96. The van der Waals surface area contributed by atoms with Gasteiger partial charge in [-0.3, -0.25) is 5.43 Å². The summed E-state index contributed by atoms with van der Waals surface area (Å²) in [6, 6.07) is 13.9. The monoisotopic (exact) mass is 383 g/mol. The summed E-state index contributed by atoms with van der Waals surface area (Å²) in [5, 5.41) is 7.50. The van der Waals surface area contributed by atoms with Crippen molar-refractivity contribution in [1.82, 2.24) is 10.7 Å². The van der Waals surface area contributed by atoms with Crippen LogP contribution in [-0.4, -0.2) is 24.5 Å². The lowest BCUT2D eigenvalue weighted by molar-refractivity contribution is 0.269. The molecule has 2 aromatic rings. The van der Waals surface area contributed by atoms with Gasteiger partial charge in [-0.2, -0.15) is 5.10 Å². The molecule has 0 saturated carbocycles. The van der Waals surface area contributed by atoms with Gasteiger partial charge in [0.25, 0.3) is 0 Å². The minimum atomic E-state index is 0.439. The summed E-state index contributed by atoms with van der Waals surface area (Å²) in [6.45, 7) is 9.26. The van der Waals surface area contributed by atoms with Crippen LogP contribution in [0.15, 0.2) is 60.2 Å². The molecule has 0 amide bonds. The Balaban J connectivity index is 2.03. The number of hydrogen-bond acceptors (Lipinski definition) is 4. The summed E-state index contributed by atoms with van der Waals surface area (Å²) in [7, 11) is 0. The Hall–Kier alpha value is -2.86. The molecule has 0 heterocycles. The van der Waals surface area contributed by atoms with E-state index in [4.69, 9.17) is 21.7 Å². The van der Waals surface area contributed by atoms with E-state index in [-0.39, 0.29) is 0 Å². The molecule has 2 N–H and O–H groups in total. The van der Waals surface area contributed by atoms with Crippen LogP contribution >= 0.6 is 12.2 Å². The first-order valence-corrected chi connectivity index (χ1v) is 9.16. The zero-order valence-electron chi connectivity index (χ0n) is 15.7. The highest BCUT2D eigenvalue weighted by molar-refractivity contribution is 7.80. The highest BCUT2D eigenvalue weighted by Crippen LogP contribution is 2.29. The van der Waals surface area contributed by atoms with Crippen LogP contribution in [0, 0.1) is 6.92 Å². The van der Waals surface area contributed by atoms with Gasteiger partial charge in [-0.15, -0.1) is 6.58 Å². The van der Waals surface area contributed by atoms with Crippen LogP contribution in [0.25, 0.3) is 0 Å². The third-order valence-corrected chi connectivity index (χ3v) is 3.93. The van der Waals surface area contributed by atoms with Crippen LogP contribution in [-0.2, 0) is 6.61 Å². The highest BCUT2D eigenvalue weighted by Gasteiger charge is 2.07. The van der Waals surface area contributed by atoms with E-state index in [1.54, 1.807) is 12.3 Å². The van der Waals surface area contributed by atoms with E-state index >= 15 is 0 Å². The molecule has 142 valence electrons. The zero-order chi connectivity index (χ0) is 19.5. The van der Waals surface area contributed by atoms with E-state index in [0.717, 1.165) is 11.1 Å². The number of hydrazone groups is 1. The van der Waals surface area contributed by atoms with Crippen molar-refractivity contribution in [3.8, 4) is 11.5 Å². The Morgan fingerprint density at radius 1 is 1.19 bits per heavy atom. The average Bonchev–Trinajstić information content (AvgIpc) is 2.67. The van der Waals surface area contributed by atoms with E-state index < -0.39 is 0 Å². The third kappa shape index (κ3) is 6.75. The van der Waals surface area contributed by atoms with Crippen molar-refractivity contribution in [3.05, 3.63) is 71.8 Å². The van der Waals surface area contributed by atoms with Crippen molar-refractivity contribution < 1.29 is 9.47 Å². The van der Waals surface area contributed by atoms with Gasteiger partial charge in [-0.05, 0) is 61.0 Å². The Morgan fingerprint density at radius 3 is 2.74 bits per heavy atom. The van der Waals surface area contributed by atoms with E-state index in [1.807, 2.05) is 37.3 Å². The predicted molar refractivity (Wildman–Crippen MR) is 115 cm³/mol. The van der Waals surface area contributed by atoms with E-state index in [1.165, 1.54) is 5.56 Å². The first-order chi connectivity index (χ1) is 13.1. The van der Waals surface area contributed by atoms with Crippen molar-refractivity contribution in [1.29, 1.82) is 0 Å². The summed E-state index contributed by atoms with van der Waals surface area (Å²) in [4.78, 5) is 0. The first kappa shape index (κ1) is 20.5. The second-order valence-electron chi connectivity index (χ2n) is 5.72. The fourth-order valence-electron chi connectivity index (χ4n) is 2.29. The average molecular weight is 384 g/mol. The van der Waals surface area contributed by atoms with Crippen LogP contribution in [0.2, 0.25) is 0 Å². The number of aryl methyl sites for hydroxylation is 1. The minimum Gasteiger partial charge on any atom is -0.490 e. The fourth-order valence-corrected chi connectivity index (χ4v) is 2.43. The van der Waals surface area contributed by atoms with Crippen LogP contribution in [0.5, 0.6) is 11.5 Å². The Kier molecular flexibility index (Phi) is 8.32. The number of nitrogens with one attached hydrogen (secondary N) is 2. The van der Waals surface area contributed by atoms with Crippen LogP contribution in [0.3, 0.4) is 0 Å². The van der Waals surface area contributed by atoms with Crippen molar-refractivity contribution in [2.45, 2.75) is 20.5 Å². The molecule has 5 nitrogen and oxygen atoms in total.